The SMILES string of the molecule is C=CCN(C(=O)[C@@H]1[C@@H]2CCC3(S2)C(C(=O)N(CC=C)C(C)CCC)N(CCCCCO)C(=O)[C@H]13)c1ccccc1. The van der Waals surface area contributed by atoms with E-state index < -0.39 is 22.6 Å². The van der Waals surface area contributed by atoms with Gasteiger partial charge in [-0.15, -0.1) is 24.9 Å². The van der Waals surface area contributed by atoms with Crippen molar-refractivity contribution in [1.29, 1.82) is 0 Å². The van der Waals surface area contributed by atoms with Gasteiger partial charge in [-0.1, -0.05) is 43.7 Å². The fraction of sp³-hybridized carbons (Fsp3) is 0.594. The first kappa shape index (κ1) is 30.4. The van der Waals surface area contributed by atoms with Crippen LogP contribution in [0.3, 0.4) is 0 Å². The zero-order valence-corrected chi connectivity index (χ0v) is 24.9. The Bertz CT molecular complexity index is 1080. The molecule has 3 aliphatic rings. The molecule has 40 heavy (non-hydrogen) atoms. The molecular weight excluding hydrogens is 522 g/mol. The van der Waals surface area contributed by atoms with Crippen molar-refractivity contribution < 1.29 is 19.5 Å². The smallest absolute Gasteiger partial charge is 0.247 e. The summed E-state index contributed by atoms with van der Waals surface area (Å²) in [6.07, 6.45) is 9.04. The molecule has 1 N–H and O–H groups in total. The Morgan fingerprint density at radius 1 is 1.15 bits per heavy atom. The molecule has 3 fully saturated rings. The van der Waals surface area contributed by atoms with E-state index in [0.717, 1.165) is 37.8 Å². The highest BCUT2D eigenvalue weighted by Crippen LogP contribution is 2.66. The molecular formula is C32H45N3O4S. The first-order chi connectivity index (χ1) is 19.4. The Morgan fingerprint density at radius 3 is 2.52 bits per heavy atom. The zero-order chi connectivity index (χ0) is 28.9. The number of carbonyl (C=O) groups excluding carboxylic acids is 3. The maximum absolute atomic E-state index is 14.5. The third-order valence-corrected chi connectivity index (χ3v) is 10.8. The topological polar surface area (TPSA) is 81.2 Å². The van der Waals surface area contributed by atoms with Gasteiger partial charge >= 0.3 is 0 Å². The summed E-state index contributed by atoms with van der Waals surface area (Å²) in [4.78, 5) is 48.5. The monoisotopic (exact) mass is 567 g/mol. The number of unbranched alkanes of at least 4 members (excludes halogenated alkanes) is 2. The second-order valence-electron chi connectivity index (χ2n) is 11.4. The molecule has 0 saturated carbocycles. The van der Waals surface area contributed by atoms with Gasteiger partial charge < -0.3 is 19.8 Å². The van der Waals surface area contributed by atoms with E-state index in [1.807, 2.05) is 35.2 Å². The summed E-state index contributed by atoms with van der Waals surface area (Å²) in [6, 6.07) is 8.99. The van der Waals surface area contributed by atoms with Crippen molar-refractivity contribution in [2.45, 2.75) is 80.9 Å². The molecule has 3 aliphatic heterocycles. The molecule has 2 bridgehead atoms. The number of rotatable bonds is 15. The van der Waals surface area contributed by atoms with Crippen molar-refractivity contribution in [2.24, 2.45) is 11.8 Å². The molecule has 6 atom stereocenters. The third-order valence-electron chi connectivity index (χ3n) is 8.87. The largest absolute Gasteiger partial charge is 0.396 e. The Labute approximate surface area is 243 Å². The van der Waals surface area contributed by atoms with Gasteiger partial charge in [-0.2, -0.15) is 0 Å². The van der Waals surface area contributed by atoms with Crippen molar-refractivity contribution in [3.8, 4) is 0 Å². The van der Waals surface area contributed by atoms with Gasteiger partial charge in [-0.05, 0) is 57.6 Å². The number of para-hydroxylation sites is 1. The van der Waals surface area contributed by atoms with Gasteiger partial charge in [0.1, 0.15) is 6.04 Å². The number of fused-ring (bicyclic) bond motifs is 1. The quantitative estimate of drug-likeness (QED) is 0.246. The molecule has 4 rings (SSSR count). The highest BCUT2D eigenvalue weighted by atomic mass is 32.2. The summed E-state index contributed by atoms with van der Waals surface area (Å²) in [5.74, 6) is -1.15. The molecule has 1 aromatic carbocycles. The molecule has 0 radical (unpaired) electrons. The van der Waals surface area contributed by atoms with E-state index in [9.17, 15) is 19.5 Å². The minimum absolute atomic E-state index is 0.00485. The molecule has 3 unspecified atom stereocenters. The lowest BCUT2D eigenvalue weighted by molar-refractivity contribution is -0.143. The number of carbonyl (C=O) groups is 3. The van der Waals surface area contributed by atoms with E-state index in [2.05, 4.69) is 27.0 Å². The van der Waals surface area contributed by atoms with Gasteiger partial charge in [-0.25, -0.2) is 0 Å². The average molecular weight is 568 g/mol. The number of benzene rings is 1. The average Bonchev–Trinajstić information content (AvgIpc) is 3.60. The number of hydrogen-bond acceptors (Lipinski definition) is 5. The van der Waals surface area contributed by atoms with Gasteiger partial charge in [0.05, 0.1) is 16.6 Å². The molecule has 0 aromatic heterocycles. The number of likely N-dealkylation sites (tertiary alicyclic amines) is 1. The molecule has 0 aliphatic carbocycles. The van der Waals surface area contributed by atoms with Crippen LogP contribution in [0.2, 0.25) is 0 Å². The van der Waals surface area contributed by atoms with Crippen molar-refractivity contribution in [3.05, 3.63) is 55.6 Å². The predicted octanol–water partition coefficient (Wildman–Crippen LogP) is 4.66. The summed E-state index contributed by atoms with van der Waals surface area (Å²) in [5, 5.41) is 9.30. The number of amides is 3. The Morgan fingerprint density at radius 2 is 1.88 bits per heavy atom. The summed E-state index contributed by atoms with van der Waals surface area (Å²) in [6.45, 7) is 13.3. The van der Waals surface area contributed by atoms with Crippen LogP contribution in [0.5, 0.6) is 0 Å². The van der Waals surface area contributed by atoms with Crippen LogP contribution in [0.1, 0.15) is 58.8 Å². The highest BCUT2D eigenvalue weighted by molar-refractivity contribution is 8.02. The minimum Gasteiger partial charge on any atom is -0.396 e. The number of thioether (sulfide) groups is 1. The molecule has 8 heteroatoms. The molecule has 3 heterocycles. The number of anilines is 1. The standard InChI is InChI=1S/C32H45N3O4S/c1-5-14-23(4)33(19-6-2)31(39)28-32-18-17-25(40-32)26(27(32)30(38)35(28)21-12-9-13-22-36)29(37)34(20-7-3)24-15-10-8-11-16-24/h6-8,10-11,15-16,23,25-28,36H,2-3,5,9,12-14,17-22H2,1,4H3/t23?,25-,26+,27-,28?,32?/m0/s1. The van der Waals surface area contributed by atoms with Gasteiger partial charge in [0.2, 0.25) is 17.7 Å². The number of nitrogens with zero attached hydrogens (tertiary/aromatic N) is 3. The van der Waals surface area contributed by atoms with E-state index in [-0.39, 0.29) is 35.6 Å². The van der Waals surface area contributed by atoms with Gasteiger partial charge in [0.15, 0.2) is 0 Å². The summed E-state index contributed by atoms with van der Waals surface area (Å²) >= 11 is 1.72. The predicted molar refractivity (Wildman–Crippen MR) is 162 cm³/mol. The van der Waals surface area contributed by atoms with Crippen LogP contribution in [0.15, 0.2) is 55.6 Å². The van der Waals surface area contributed by atoms with E-state index in [1.165, 1.54) is 0 Å². The van der Waals surface area contributed by atoms with Crippen LogP contribution in [-0.2, 0) is 14.4 Å². The molecule has 218 valence electrons. The number of aliphatic hydroxyl groups is 1. The summed E-state index contributed by atoms with van der Waals surface area (Å²) in [7, 11) is 0. The molecule has 1 aromatic rings. The van der Waals surface area contributed by atoms with Crippen molar-refractivity contribution >= 4 is 35.2 Å². The first-order valence-electron chi connectivity index (χ1n) is 14.8. The van der Waals surface area contributed by atoms with Crippen LogP contribution in [-0.4, -0.2) is 80.9 Å². The molecule has 3 saturated heterocycles. The fourth-order valence-corrected chi connectivity index (χ4v) is 9.33. The fourth-order valence-electron chi connectivity index (χ4n) is 7.12. The van der Waals surface area contributed by atoms with Crippen molar-refractivity contribution in [3.63, 3.8) is 0 Å². The van der Waals surface area contributed by atoms with Crippen molar-refractivity contribution in [2.75, 3.05) is 31.1 Å². The normalized spacial score (nSPS) is 27.4. The number of aliphatic hydroxyl groups excluding tert-OH is 1. The first-order valence-corrected chi connectivity index (χ1v) is 15.7. The Hall–Kier alpha value is -2.58. The summed E-state index contributed by atoms with van der Waals surface area (Å²) < 4.78 is -0.613. The summed E-state index contributed by atoms with van der Waals surface area (Å²) in [5.41, 5.74) is 0.790. The number of hydrogen-bond donors (Lipinski definition) is 1. The van der Waals surface area contributed by atoms with E-state index in [4.69, 9.17) is 0 Å². The second kappa shape index (κ2) is 13.4. The lowest BCUT2D eigenvalue weighted by Gasteiger charge is -2.39. The highest BCUT2D eigenvalue weighted by Gasteiger charge is 2.74. The van der Waals surface area contributed by atoms with Gasteiger partial charge in [-0.3, -0.25) is 14.4 Å². The maximum atomic E-state index is 14.5. The van der Waals surface area contributed by atoms with Gasteiger partial charge in [0.25, 0.3) is 0 Å². The second-order valence-corrected chi connectivity index (χ2v) is 13.0. The molecule has 3 amide bonds. The van der Waals surface area contributed by atoms with E-state index in [0.29, 0.717) is 32.5 Å². The molecule has 1 spiro atoms. The van der Waals surface area contributed by atoms with E-state index in [1.54, 1.807) is 33.7 Å². The Kier molecular flexibility index (Phi) is 10.2. The van der Waals surface area contributed by atoms with Crippen molar-refractivity contribution in [1.82, 2.24) is 9.80 Å². The minimum atomic E-state index is -0.613. The van der Waals surface area contributed by atoms with Crippen LogP contribution < -0.4 is 4.90 Å². The lowest BCUT2D eigenvalue weighted by atomic mass is 9.70. The van der Waals surface area contributed by atoms with Crippen LogP contribution in [0.4, 0.5) is 5.69 Å². The van der Waals surface area contributed by atoms with Crippen LogP contribution in [0.25, 0.3) is 0 Å². The third kappa shape index (κ3) is 5.49. The van der Waals surface area contributed by atoms with Gasteiger partial charge in [0, 0.05) is 43.2 Å². The van der Waals surface area contributed by atoms with Crippen LogP contribution >= 0.6 is 11.8 Å². The zero-order valence-electron chi connectivity index (χ0n) is 24.0. The maximum Gasteiger partial charge on any atom is 0.247 e. The Balaban J connectivity index is 1.72. The van der Waals surface area contributed by atoms with Crippen LogP contribution in [0, 0.1) is 11.8 Å². The van der Waals surface area contributed by atoms with E-state index >= 15 is 0 Å². The lowest BCUT2D eigenvalue weighted by Crippen LogP contribution is -2.56. The molecule has 7 nitrogen and oxygen atoms in total.